The van der Waals surface area contributed by atoms with Crippen molar-refractivity contribution in [2.75, 3.05) is 0 Å². The molecular formula is C10H15N3O3Si. The van der Waals surface area contributed by atoms with Gasteiger partial charge in [0, 0.05) is 7.05 Å². The van der Waals surface area contributed by atoms with Crippen molar-refractivity contribution in [3.63, 3.8) is 0 Å². The normalized spacial score (nSPS) is 10.9. The van der Waals surface area contributed by atoms with Crippen molar-refractivity contribution in [3.05, 3.63) is 21.6 Å². The molecule has 0 saturated heterocycles. The second-order valence-electron chi connectivity index (χ2n) is 4.68. The van der Waals surface area contributed by atoms with Crippen LogP contribution in [0.5, 0.6) is 0 Å². The monoisotopic (exact) mass is 253 g/mol. The highest BCUT2D eigenvalue weighted by atomic mass is 28.3. The van der Waals surface area contributed by atoms with Crippen molar-refractivity contribution in [1.29, 1.82) is 0 Å². The first-order valence-corrected chi connectivity index (χ1v) is 8.60. The van der Waals surface area contributed by atoms with E-state index in [0.29, 0.717) is 5.82 Å². The Morgan fingerprint density at radius 1 is 1.53 bits per heavy atom. The Kier molecular flexibility index (Phi) is 3.70. The minimum Gasteiger partial charge on any atom is -0.390 e. The highest BCUT2D eigenvalue weighted by Crippen LogP contribution is 2.17. The van der Waals surface area contributed by atoms with Crippen LogP contribution in [-0.2, 0) is 13.7 Å². The molecule has 0 spiro atoms. The van der Waals surface area contributed by atoms with Crippen LogP contribution in [0.2, 0.25) is 19.6 Å². The summed E-state index contributed by atoms with van der Waals surface area (Å²) in [5.74, 6) is 2.85. The Labute approximate surface area is 100 Å². The molecule has 1 aromatic heterocycles. The molecule has 0 aromatic carbocycles. The van der Waals surface area contributed by atoms with Crippen LogP contribution in [0.15, 0.2) is 0 Å². The predicted molar refractivity (Wildman–Crippen MR) is 66.0 cm³/mol. The summed E-state index contributed by atoms with van der Waals surface area (Å²) in [5.41, 5.74) is 3.26. The summed E-state index contributed by atoms with van der Waals surface area (Å²) in [6, 6.07) is 0. The number of aliphatic hydroxyl groups is 1. The average Bonchev–Trinajstić information content (AvgIpc) is 2.51. The van der Waals surface area contributed by atoms with Crippen molar-refractivity contribution in [1.82, 2.24) is 9.55 Å². The van der Waals surface area contributed by atoms with Gasteiger partial charge in [0.05, 0.1) is 6.61 Å². The number of aromatic nitrogens is 2. The molecule has 1 heterocycles. The molecular weight excluding hydrogens is 238 g/mol. The average molecular weight is 253 g/mol. The third-order valence-electron chi connectivity index (χ3n) is 2.06. The summed E-state index contributed by atoms with van der Waals surface area (Å²) in [4.78, 5) is 14.0. The van der Waals surface area contributed by atoms with Crippen LogP contribution in [-0.4, -0.2) is 27.7 Å². The zero-order valence-electron chi connectivity index (χ0n) is 10.3. The lowest BCUT2D eigenvalue weighted by Gasteiger charge is -2.02. The molecule has 0 radical (unpaired) electrons. The Morgan fingerprint density at radius 2 is 2.12 bits per heavy atom. The topological polar surface area (TPSA) is 81.2 Å². The molecule has 0 amide bonds. The molecule has 0 atom stereocenters. The zero-order chi connectivity index (χ0) is 13.2. The van der Waals surface area contributed by atoms with Crippen LogP contribution in [0, 0.1) is 21.6 Å². The fourth-order valence-corrected chi connectivity index (χ4v) is 1.68. The van der Waals surface area contributed by atoms with Gasteiger partial charge in [-0.25, -0.2) is 0 Å². The van der Waals surface area contributed by atoms with Gasteiger partial charge in [0.15, 0.2) is 0 Å². The van der Waals surface area contributed by atoms with Crippen molar-refractivity contribution in [2.45, 2.75) is 26.2 Å². The highest BCUT2D eigenvalue weighted by Gasteiger charge is 2.24. The van der Waals surface area contributed by atoms with E-state index in [9.17, 15) is 10.1 Å². The molecule has 0 bridgehead atoms. The SMILES string of the molecule is Cn1c(C#C[Si](C)(C)C)nc([N+](=O)[O-])c1CO. The minimum atomic E-state index is -1.56. The van der Waals surface area contributed by atoms with Gasteiger partial charge in [-0.15, -0.1) is 5.54 Å². The first-order chi connectivity index (χ1) is 7.76. The molecule has 6 nitrogen and oxygen atoms in total. The predicted octanol–water partition coefficient (Wildman–Crippen LogP) is 1.05. The van der Waals surface area contributed by atoms with Crippen molar-refractivity contribution >= 4 is 13.9 Å². The summed E-state index contributed by atoms with van der Waals surface area (Å²) in [7, 11) is 0.0556. The summed E-state index contributed by atoms with van der Waals surface area (Å²) >= 11 is 0. The Hall–Kier alpha value is -1.65. The summed E-state index contributed by atoms with van der Waals surface area (Å²) in [6.07, 6.45) is 0. The van der Waals surface area contributed by atoms with Crippen molar-refractivity contribution in [2.24, 2.45) is 7.05 Å². The van der Waals surface area contributed by atoms with Crippen LogP contribution in [0.4, 0.5) is 5.82 Å². The third kappa shape index (κ3) is 3.15. The molecule has 0 aliphatic rings. The van der Waals surface area contributed by atoms with Gasteiger partial charge in [0.25, 0.3) is 5.82 Å². The number of hydrogen-bond donors (Lipinski definition) is 1. The van der Waals surface area contributed by atoms with E-state index in [1.165, 1.54) is 4.57 Å². The van der Waals surface area contributed by atoms with Gasteiger partial charge in [0.2, 0.25) is 0 Å². The number of hydrogen-bond acceptors (Lipinski definition) is 4. The zero-order valence-corrected chi connectivity index (χ0v) is 11.3. The van der Waals surface area contributed by atoms with E-state index in [4.69, 9.17) is 5.11 Å². The largest absolute Gasteiger partial charge is 0.390 e. The molecule has 0 unspecified atom stereocenters. The van der Waals surface area contributed by atoms with Crippen LogP contribution in [0.25, 0.3) is 0 Å². The van der Waals surface area contributed by atoms with Gasteiger partial charge in [-0.1, -0.05) is 19.6 Å². The van der Waals surface area contributed by atoms with Crippen molar-refractivity contribution in [3.8, 4) is 11.5 Å². The Bertz CT molecular complexity index is 505. The molecule has 7 heteroatoms. The van der Waals surface area contributed by atoms with Crippen LogP contribution in [0.1, 0.15) is 11.5 Å². The second-order valence-corrected chi connectivity index (χ2v) is 9.43. The lowest BCUT2D eigenvalue weighted by atomic mass is 10.4. The van der Waals surface area contributed by atoms with E-state index in [0.717, 1.165) is 0 Å². The summed E-state index contributed by atoms with van der Waals surface area (Å²) < 4.78 is 1.46. The van der Waals surface area contributed by atoms with Gasteiger partial charge < -0.3 is 15.2 Å². The Morgan fingerprint density at radius 3 is 2.47 bits per heavy atom. The fourth-order valence-electron chi connectivity index (χ4n) is 1.20. The first kappa shape index (κ1) is 13.4. The maximum absolute atomic E-state index is 10.7. The molecule has 0 saturated carbocycles. The summed E-state index contributed by atoms with van der Waals surface area (Å²) in [6.45, 7) is 5.80. The van der Waals surface area contributed by atoms with Crippen LogP contribution < -0.4 is 0 Å². The van der Waals surface area contributed by atoms with E-state index in [2.05, 4.69) is 36.1 Å². The quantitative estimate of drug-likeness (QED) is 0.370. The van der Waals surface area contributed by atoms with Gasteiger partial charge in [-0.05, 0) is 15.8 Å². The number of aliphatic hydroxyl groups excluding tert-OH is 1. The number of nitrogens with zero attached hydrogens (tertiary/aromatic N) is 3. The number of nitro groups is 1. The van der Waals surface area contributed by atoms with Gasteiger partial charge in [-0.2, -0.15) is 0 Å². The van der Waals surface area contributed by atoms with Crippen LogP contribution >= 0.6 is 0 Å². The van der Waals surface area contributed by atoms with Crippen LogP contribution in [0.3, 0.4) is 0 Å². The lowest BCUT2D eigenvalue weighted by molar-refractivity contribution is -0.390. The maximum Gasteiger partial charge on any atom is 0.388 e. The standard InChI is InChI=1S/C10H15N3O3Si/c1-12-8(7-14)10(13(15)16)11-9(12)5-6-17(2,3)4/h14H,7H2,1-4H3. The van der Waals surface area contributed by atoms with Gasteiger partial charge in [0.1, 0.15) is 13.8 Å². The molecule has 17 heavy (non-hydrogen) atoms. The number of rotatable bonds is 2. The van der Waals surface area contributed by atoms with Gasteiger partial charge in [-0.3, -0.25) is 4.57 Å². The molecule has 92 valence electrons. The molecule has 1 N–H and O–H groups in total. The lowest BCUT2D eigenvalue weighted by Crippen LogP contribution is -2.16. The van der Waals surface area contributed by atoms with Crippen molar-refractivity contribution < 1.29 is 10.0 Å². The third-order valence-corrected chi connectivity index (χ3v) is 2.94. The molecule has 0 fully saturated rings. The highest BCUT2D eigenvalue weighted by molar-refractivity contribution is 6.83. The second kappa shape index (κ2) is 4.69. The smallest absolute Gasteiger partial charge is 0.388 e. The van der Waals surface area contributed by atoms with Gasteiger partial charge >= 0.3 is 5.82 Å². The molecule has 0 aliphatic heterocycles. The molecule has 1 aromatic rings. The van der Waals surface area contributed by atoms with E-state index < -0.39 is 19.6 Å². The summed E-state index contributed by atoms with van der Waals surface area (Å²) in [5, 5.41) is 19.8. The molecule has 0 aliphatic carbocycles. The van der Waals surface area contributed by atoms with E-state index >= 15 is 0 Å². The first-order valence-electron chi connectivity index (χ1n) is 5.10. The number of imidazole rings is 1. The van der Waals surface area contributed by atoms with E-state index in [1.807, 2.05) is 0 Å². The Balaban J connectivity index is 3.27. The van der Waals surface area contributed by atoms with E-state index in [1.54, 1.807) is 7.05 Å². The minimum absolute atomic E-state index is 0.176. The maximum atomic E-state index is 10.7. The van der Waals surface area contributed by atoms with E-state index in [-0.39, 0.29) is 11.5 Å². The fraction of sp³-hybridized carbons (Fsp3) is 0.500. The molecule has 1 rings (SSSR count).